The summed E-state index contributed by atoms with van der Waals surface area (Å²) >= 11 is 7.06. The van der Waals surface area contributed by atoms with Crippen molar-refractivity contribution in [2.75, 3.05) is 42.9 Å². The first-order chi connectivity index (χ1) is 15.5. The smallest absolute Gasteiger partial charge is 0.291 e. The van der Waals surface area contributed by atoms with Gasteiger partial charge in [-0.25, -0.2) is 0 Å². The second-order valence-electron chi connectivity index (χ2n) is 7.12. The fourth-order valence-electron chi connectivity index (χ4n) is 3.33. The van der Waals surface area contributed by atoms with Gasteiger partial charge >= 0.3 is 0 Å². The van der Waals surface area contributed by atoms with Crippen LogP contribution in [0.1, 0.15) is 20.2 Å². The van der Waals surface area contributed by atoms with E-state index in [4.69, 9.17) is 16.0 Å². The molecule has 0 atom stereocenters. The van der Waals surface area contributed by atoms with Gasteiger partial charge in [-0.05, 0) is 48.5 Å². The van der Waals surface area contributed by atoms with Crippen LogP contribution >= 0.6 is 22.9 Å². The average Bonchev–Trinajstić information content (AvgIpc) is 3.50. The van der Waals surface area contributed by atoms with Gasteiger partial charge in [0.25, 0.3) is 11.8 Å². The maximum Gasteiger partial charge on any atom is 0.291 e. The number of benzene rings is 1. The van der Waals surface area contributed by atoms with E-state index in [1.807, 2.05) is 24.3 Å². The van der Waals surface area contributed by atoms with Gasteiger partial charge in [0.1, 0.15) is 0 Å². The van der Waals surface area contributed by atoms with Crippen LogP contribution in [0.5, 0.6) is 0 Å². The summed E-state index contributed by atoms with van der Waals surface area (Å²) < 4.78 is 5.04. The summed E-state index contributed by atoms with van der Waals surface area (Å²) in [6.45, 7) is 2.51. The quantitative estimate of drug-likeness (QED) is 0.574. The number of furan rings is 1. The van der Waals surface area contributed by atoms with Crippen molar-refractivity contribution < 1.29 is 18.8 Å². The number of nitrogens with one attached hydrogen (secondary N) is 2. The molecule has 0 spiro atoms. The van der Waals surface area contributed by atoms with Gasteiger partial charge < -0.3 is 24.9 Å². The standard InChI is InChI=1S/C22H21ClN4O4S/c23-15-3-5-16(6-4-15)26-9-11-27(12-10-26)20(28)14-24-22(30)18-7-8-19(32-18)25-21(29)17-2-1-13-31-17/h1-8,13H,9-12,14H2,(H,24,30)(H,25,29). The largest absolute Gasteiger partial charge is 0.459 e. The molecule has 0 unspecified atom stereocenters. The summed E-state index contributed by atoms with van der Waals surface area (Å²) in [4.78, 5) is 41.3. The second-order valence-corrected chi connectivity index (χ2v) is 8.64. The van der Waals surface area contributed by atoms with E-state index in [1.165, 1.54) is 6.26 Å². The van der Waals surface area contributed by atoms with Crippen molar-refractivity contribution in [2.24, 2.45) is 0 Å². The Morgan fingerprint density at radius 1 is 0.969 bits per heavy atom. The normalized spacial score (nSPS) is 13.7. The van der Waals surface area contributed by atoms with Gasteiger partial charge in [0, 0.05) is 36.9 Å². The Balaban J connectivity index is 1.23. The van der Waals surface area contributed by atoms with Crippen molar-refractivity contribution in [3.05, 3.63) is 70.5 Å². The summed E-state index contributed by atoms with van der Waals surface area (Å²) in [5.74, 6) is -0.693. The monoisotopic (exact) mass is 472 g/mol. The van der Waals surface area contributed by atoms with Gasteiger partial charge in [0.15, 0.2) is 5.76 Å². The number of thiophene rings is 1. The molecular formula is C22H21ClN4O4S. The molecule has 2 N–H and O–H groups in total. The minimum atomic E-state index is -0.392. The lowest BCUT2D eigenvalue weighted by Crippen LogP contribution is -2.51. The minimum absolute atomic E-state index is 0.0776. The molecule has 3 aromatic rings. The molecule has 0 aliphatic carbocycles. The first kappa shape index (κ1) is 21.9. The number of carbonyl (C=O) groups excluding carboxylic acids is 3. The molecule has 2 aromatic heterocycles. The van der Waals surface area contributed by atoms with Gasteiger partial charge in [-0.15, -0.1) is 11.3 Å². The Morgan fingerprint density at radius 2 is 1.72 bits per heavy atom. The fraction of sp³-hybridized carbons (Fsp3) is 0.227. The van der Waals surface area contributed by atoms with Crippen molar-refractivity contribution in [1.29, 1.82) is 0 Å². The van der Waals surface area contributed by atoms with Crippen molar-refractivity contribution in [2.45, 2.75) is 0 Å². The van der Waals surface area contributed by atoms with Crippen LogP contribution in [-0.4, -0.2) is 55.3 Å². The van der Waals surface area contributed by atoms with E-state index in [-0.39, 0.29) is 24.1 Å². The van der Waals surface area contributed by atoms with Gasteiger partial charge in [-0.2, -0.15) is 0 Å². The van der Waals surface area contributed by atoms with Gasteiger partial charge in [0.2, 0.25) is 5.91 Å². The third kappa shape index (κ3) is 5.30. The van der Waals surface area contributed by atoms with Gasteiger partial charge in [-0.1, -0.05) is 11.6 Å². The Bertz CT molecular complexity index is 1090. The molecule has 3 amide bonds. The minimum Gasteiger partial charge on any atom is -0.459 e. The molecule has 32 heavy (non-hydrogen) atoms. The third-order valence-electron chi connectivity index (χ3n) is 5.04. The van der Waals surface area contributed by atoms with E-state index in [0.717, 1.165) is 17.0 Å². The summed E-state index contributed by atoms with van der Waals surface area (Å²) in [7, 11) is 0. The highest BCUT2D eigenvalue weighted by Gasteiger charge is 2.22. The van der Waals surface area contributed by atoms with E-state index in [0.29, 0.717) is 41.1 Å². The number of halogens is 1. The van der Waals surface area contributed by atoms with E-state index < -0.39 is 5.91 Å². The zero-order valence-electron chi connectivity index (χ0n) is 17.0. The molecule has 1 fully saturated rings. The van der Waals surface area contributed by atoms with E-state index in [2.05, 4.69) is 15.5 Å². The molecule has 0 saturated carbocycles. The van der Waals surface area contributed by atoms with Crippen LogP contribution in [-0.2, 0) is 4.79 Å². The van der Waals surface area contributed by atoms with Crippen LogP contribution in [0.15, 0.2) is 59.2 Å². The second kappa shape index (κ2) is 9.88. The maximum atomic E-state index is 12.5. The molecule has 0 radical (unpaired) electrons. The van der Waals surface area contributed by atoms with Crippen molar-refractivity contribution in [1.82, 2.24) is 10.2 Å². The summed E-state index contributed by atoms with van der Waals surface area (Å²) in [5.41, 5.74) is 1.07. The van der Waals surface area contributed by atoms with Crippen LogP contribution in [0.25, 0.3) is 0 Å². The Labute approximate surface area is 193 Å². The van der Waals surface area contributed by atoms with Crippen LogP contribution < -0.4 is 15.5 Å². The van der Waals surface area contributed by atoms with Crippen molar-refractivity contribution in [3.63, 3.8) is 0 Å². The van der Waals surface area contributed by atoms with Crippen LogP contribution in [0.2, 0.25) is 5.02 Å². The number of hydrogen-bond acceptors (Lipinski definition) is 6. The molecule has 1 saturated heterocycles. The number of anilines is 2. The predicted molar refractivity (Wildman–Crippen MR) is 124 cm³/mol. The van der Waals surface area contributed by atoms with Crippen LogP contribution in [0.4, 0.5) is 10.7 Å². The number of amides is 3. The SMILES string of the molecule is O=C(Nc1ccc(C(=O)NCC(=O)N2CCN(c3ccc(Cl)cc3)CC2)s1)c1ccco1. The Morgan fingerprint density at radius 3 is 2.41 bits per heavy atom. The molecule has 166 valence electrons. The van der Waals surface area contributed by atoms with E-state index in [1.54, 1.807) is 29.2 Å². The number of piperazine rings is 1. The zero-order valence-corrected chi connectivity index (χ0v) is 18.6. The Hall–Kier alpha value is -3.30. The summed E-state index contributed by atoms with van der Waals surface area (Å²) in [5, 5.41) is 6.54. The lowest BCUT2D eigenvalue weighted by molar-refractivity contribution is -0.130. The number of hydrogen-bond donors (Lipinski definition) is 2. The molecule has 1 aromatic carbocycles. The first-order valence-electron chi connectivity index (χ1n) is 10.0. The van der Waals surface area contributed by atoms with E-state index >= 15 is 0 Å². The van der Waals surface area contributed by atoms with Crippen LogP contribution in [0.3, 0.4) is 0 Å². The molecule has 10 heteroatoms. The molecule has 3 heterocycles. The highest BCUT2D eigenvalue weighted by Crippen LogP contribution is 2.23. The zero-order chi connectivity index (χ0) is 22.5. The van der Waals surface area contributed by atoms with Crippen LogP contribution in [0, 0.1) is 0 Å². The Kier molecular flexibility index (Phi) is 6.77. The van der Waals surface area contributed by atoms with Crippen molar-refractivity contribution >= 4 is 51.3 Å². The lowest BCUT2D eigenvalue weighted by atomic mass is 10.2. The highest BCUT2D eigenvalue weighted by atomic mass is 35.5. The topological polar surface area (TPSA) is 94.9 Å². The van der Waals surface area contributed by atoms with Gasteiger partial charge in [-0.3, -0.25) is 14.4 Å². The molecular weight excluding hydrogens is 452 g/mol. The number of nitrogens with zero attached hydrogens (tertiary/aromatic N) is 2. The summed E-state index contributed by atoms with van der Waals surface area (Å²) in [6.07, 6.45) is 1.41. The number of carbonyl (C=O) groups is 3. The third-order valence-corrected chi connectivity index (χ3v) is 6.29. The van der Waals surface area contributed by atoms with Gasteiger partial charge in [0.05, 0.1) is 22.7 Å². The maximum absolute atomic E-state index is 12.5. The predicted octanol–water partition coefficient (Wildman–Crippen LogP) is 3.33. The fourth-order valence-corrected chi connectivity index (χ4v) is 4.27. The average molecular weight is 473 g/mol. The highest BCUT2D eigenvalue weighted by molar-refractivity contribution is 7.18. The lowest BCUT2D eigenvalue weighted by Gasteiger charge is -2.36. The molecule has 1 aliphatic rings. The molecule has 8 nitrogen and oxygen atoms in total. The summed E-state index contributed by atoms with van der Waals surface area (Å²) in [6, 6.07) is 14.0. The number of rotatable bonds is 6. The molecule has 0 bridgehead atoms. The first-order valence-corrected chi connectivity index (χ1v) is 11.2. The molecule has 1 aliphatic heterocycles. The van der Waals surface area contributed by atoms with E-state index in [9.17, 15) is 14.4 Å². The van der Waals surface area contributed by atoms with Crippen molar-refractivity contribution in [3.8, 4) is 0 Å². The molecule has 4 rings (SSSR count).